The molecule has 2 aromatic carbocycles. The molecule has 0 saturated carbocycles. The predicted octanol–water partition coefficient (Wildman–Crippen LogP) is 5.56. The molecule has 0 radical (unpaired) electrons. The Morgan fingerprint density at radius 3 is 2.25 bits per heavy atom. The van der Waals surface area contributed by atoms with Crippen LogP contribution in [-0.4, -0.2) is 12.4 Å². The average Bonchev–Trinajstić information content (AvgIpc) is 2.40. The van der Waals surface area contributed by atoms with Crippen LogP contribution in [0.2, 0.25) is 20.1 Å². The number of carbonyl (C=O) groups is 1. The first-order valence-corrected chi connectivity index (χ1v) is 7.04. The molecule has 0 N–H and O–H groups in total. The lowest BCUT2D eigenvalue weighted by atomic mass is 10.1. The molecule has 0 unspecified atom stereocenters. The molecule has 0 aliphatic rings. The first kappa shape index (κ1) is 15.5. The van der Waals surface area contributed by atoms with Gasteiger partial charge >= 0.3 is 0 Å². The highest BCUT2D eigenvalue weighted by atomic mass is 35.5. The number of ether oxygens (including phenoxy) is 1. The number of Topliss-reactive ketones (excluding diaryl/α,β-unsaturated/α-hetero) is 1. The molecule has 0 bridgehead atoms. The molecule has 0 spiro atoms. The summed E-state index contributed by atoms with van der Waals surface area (Å²) in [6, 6.07) is 9.43. The Labute approximate surface area is 136 Å². The zero-order valence-corrected chi connectivity index (χ0v) is 13.0. The number of hydrogen-bond acceptors (Lipinski definition) is 2. The van der Waals surface area contributed by atoms with Crippen LogP contribution in [0.15, 0.2) is 36.4 Å². The van der Waals surface area contributed by atoms with E-state index in [2.05, 4.69) is 0 Å². The highest BCUT2D eigenvalue weighted by molar-refractivity contribution is 6.36. The van der Waals surface area contributed by atoms with E-state index in [9.17, 15) is 4.79 Å². The lowest BCUT2D eigenvalue weighted by Crippen LogP contribution is -2.12. The van der Waals surface area contributed by atoms with Gasteiger partial charge in [-0.3, -0.25) is 4.79 Å². The van der Waals surface area contributed by atoms with Crippen LogP contribution >= 0.6 is 46.4 Å². The molecule has 0 heterocycles. The Kier molecular flexibility index (Phi) is 5.17. The molecule has 0 amide bonds. The van der Waals surface area contributed by atoms with E-state index in [1.807, 2.05) is 0 Å². The minimum Gasteiger partial charge on any atom is -0.484 e. The van der Waals surface area contributed by atoms with Crippen molar-refractivity contribution >= 4 is 52.2 Å². The summed E-state index contributed by atoms with van der Waals surface area (Å²) in [5.41, 5.74) is 0.309. The van der Waals surface area contributed by atoms with Crippen molar-refractivity contribution in [1.29, 1.82) is 0 Å². The number of ketones is 1. The molecule has 20 heavy (non-hydrogen) atoms. The molecular formula is C14H8Cl4O2. The molecular weight excluding hydrogens is 342 g/mol. The van der Waals surface area contributed by atoms with Crippen LogP contribution in [0.4, 0.5) is 0 Å². The van der Waals surface area contributed by atoms with Crippen molar-refractivity contribution in [2.75, 3.05) is 6.61 Å². The van der Waals surface area contributed by atoms with Gasteiger partial charge in [0.15, 0.2) is 6.61 Å². The molecule has 2 rings (SSSR count). The molecule has 2 aromatic rings. The first-order chi connectivity index (χ1) is 9.47. The van der Waals surface area contributed by atoms with Crippen molar-refractivity contribution in [1.82, 2.24) is 0 Å². The second-order valence-corrected chi connectivity index (χ2v) is 5.60. The van der Waals surface area contributed by atoms with Gasteiger partial charge in [0.25, 0.3) is 0 Å². The normalized spacial score (nSPS) is 10.4. The fraction of sp³-hybridized carbons (Fsp3) is 0.0714. The molecule has 0 aliphatic carbocycles. The van der Waals surface area contributed by atoms with Gasteiger partial charge in [0.1, 0.15) is 5.75 Å². The minimum atomic E-state index is -0.288. The number of rotatable bonds is 4. The van der Waals surface area contributed by atoms with Gasteiger partial charge in [0.2, 0.25) is 5.78 Å². The van der Waals surface area contributed by atoms with Gasteiger partial charge < -0.3 is 4.74 Å². The van der Waals surface area contributed by atoms with Gasteiger partial charge in [0, 0.05) is 15.6 Å². The average molecular weight is 350 g/mol. The Hall–Kier alpha value is -0.930. The fourth-order valence-electron chi connectivity index (χ4n) is 1.52. The summed E-state index contributed by atoms with van der Waals surface area (Å²) >= 11 is 23.5. The molecule has 0 fully saturated rings. The van der Waals surface area contributed by atoms with Crippen LogP contribution in [0.5, 0.6) is 5.75 Å². The van der Waals surface area contributed by atoms with Crippen molar-refractivity contribution in [2.45, 2.75) is 0 Å². The van der Waals surface area contributed by atoms with Crippen molar-refractivity contribution in [3.8, 4) is 5.75 Å². The third kappa shape index (κ3) is 3.80. The summed E-state index contributed by atoms with van der Waals surface area (Å²) in [4.78, 5) is 12.0. The SMILES string of the molecule is O=C(COc1ccc(Cl)cc1Cl)c1cc(Cl)ccc1Cl. The number of halogens is 4. The van der Waals surface area contributed by atoms with Crippen LogP contribution < -0.4 is 4.74 Å². The molecule has 2 nitrogen and oxygen atoms in total. The van der Waals surface area contributed by atoms with E-state index in [-0.39, 0.29) is 12.4 Å². The summed E-state index contributed by atoms with van der Waals surface area (Å²) in [6.45, 7) is -0.193. The van der Waals surface area contributed by atoms with Crippen LogP contribution in [0.1, 0.15) is 10.4 Å². The Bertz CT molecular complexity index is 656. The lowest BCUT2D eigenvalue weighted by molar-refractivity contribution is 0.0922. The monoisotopic (exact) mass is 348 g/mol. The standard InChI is InChI=1S/C14H8Cl4O2/c15-8-1-3-11(17)10(5-8)13(19)7-20-14-4-2-9(16)6-12(14)18/h1-6H,7H2. The van der Waals surface area contributed by atoms with Crippen molar-refractivity contribution in [3.05, 3.63) is 62.1 Å². The van der Waals surface area contributed by atoms with E-state index in [0.29, 0.717) is 31.4 Å². The number of hydrogen-bond donors (Lipinski definition) is 0. The maximum Gasteiger partial charge on any atom is 0.201 e. The summed E-state index contributed by atoms with van der Waals surface area (Å²) in [5.74, 6) is 0.0890. The van der Waals surface area contributed by atoms with Gasteiger partial charge in [0.05, 0.1) is 10.0 Å². The first-order valence-electron chi connectivity index (χ1n) is 5.53. The van der Waals surface area contributed by atoms with E-state index in [1.54, 1.807) is 24.3 Å². The second kappa shape index (κ2) is 6.68. The largest absolute Gasteiger partial charge is 0.484 e. The quantitative estimate of drug-likeness (QED) is 0.675. The smallest absolute Gasteiger partial charge is 0.201 e. The third-order valence-corrected chi connectivity index (χ3v) is 3.58. The maximum absolute atomic E-state index is 12.0. The Morgan fingerprint density at radius 1 is 0.900 bits per heavy atom. The van der Waals surface area contributed by atoms with Crippen molar-refractivity contribution < 1.29 is 9.53 Å². The molecule has 0 aliphatic heterocycles. The predicted molar refractivity (Wildman–Crippen MR) is 82.7 cm³/mol. The van der Waals surface area contributed by atoms with E-state index in [1.165, 1.54) is 12.1 Å². The Balaban J connectivity index is 2.10. The minimum absolute atomic E-state index is 0.193. The molecule has 104 valence electrons. The van der Waals surface area contributed by atoms with E-state index < -0.39 is 0 Å². The zero-order valence-electron chi connectivity index (χ0n) is 10.00. The van der Waals surface area contributed by atoms with Crippen molar-refractivity contribution in [3.63, 3.8) is 0 Å². The van der Waals surface area contributed by atoms with Crippen LogP contribution in [-0.2, 0) is 0 Å². The van der Waals surface area contributed by atoms with Crippen molar-refractivity contribution in [2.24, 2.45) is 0 Å². The highest BCUT2D eigenvalue weighted by Gasteiger charge is 2.13. The van der Waals surface area contributed by atoms with Crippen LogP contribution in [0.25, 0.3) is 0 Å². The summed E-state index contributed by atoms with van der Waals surface area (Å²) in [5, 5.41) is 1.58. The van der Waals surface area contributed by atoms with Gasteiger partial charge in [-0.2, -0.15) is 0 Å². The third-order valence-electron chi connectivity index (χ3n) is 2.48. The number of carbonyl (C=O) groups excluding carboxylic acids is 1. The van der Waals surface area contributed by atoms with E-state index >= 15 is 0 Å². The van der Waals surface area contributed by atoms with Crippen LogP contribution in [0, 0.1) is 0 Å². The van der Waals surface area contributed by atoms with Gasteiger partial charge in [-0.15, -0.1) is 0 Å². The topological polar surface area (TPSA) is 26.3 Å². The van der Waals surface area contributed by atoms with Gasteiger partial charge in [-0.05, 0) is 36.4 Å². The van der Waals surface area contributed by atoms with Gasteiger partial charge in [-0.1, -0.05) is 46.4 Å². The summed E-state index contributed by atoms with van der Waals surface area (Å²) < 4.78 is 5.36. The summed E-state index contributed by atoms with van der Waals surface area (Å²) in [7, 11) is 0. The number of benzene rings is 2. The van der Waals surface area contributed by atoms with E-state index in [0.717, 1.165) is 0 Å². The Morgan fingerprint density at radius 2 is 1.55 bits per heavy atom. The second-order valence-electron chi connectivity index (χ2n) is 3.91. The molecule has 0 atom stereocenters. The summed E-state index contributed by atoms with van der Waals surface area (Å²) in [6.07, 6.45) is 0. The highest BCUT2D eigenvalue weighted by Crippen LogP contribution is 2.28. The van der Waals surface area contributed by atoms with Crippen LogP contribution in [0.3, 0.4) is 0 Å². The maximum atomic E-state index is 12.0. The van der Waals surface area contributed by atoms with E-state index in [4.69, 9.17) is 51.1 Å². The fourth-order valence-corrected chi connectivity index (χ4v) is 2.38. The molecule has 0 aromatic heterocycles. The zero-order chi connectivity index (χ0) is 14.7. The van der Waals surface area contributed by atoms with Gasteiger partial charge in [-0.25, -0.2) is 0 Å². The molecule has 6 heteroatoms. The molecule has 0 saturated heterocycles. The lowest BCUT2D eigenvalue weighted by Gasteiger charge is -2.08.